The van der Waals surface area contributed by atoms with Crippen molar-refractivity contribution in [2.75, 3.05) is 37.7 Å². The third-order valence-corrected chi connectivity index (χ3v) is 5.67. The van der Waals surface area contributed by atoms with Crippen LogP contribution in [0, 0.1) is 0 Å². The Kier molecular flexibility index (Phi) is 4.72. The van der Waals surface area contributed by atoms with Gasteiger partial charge in [-0.05, 0) is 31.0 Å². The number of aliphatic hydroxyl groups is 1. The first-order valence-corrected chi connectivity index (χ1v) is 9.35. The molecule has 2 heterocycles. The largest absolute Gasteiger partial charge is 0.395 e. The predicted molar refractivity (Wildman–Crippen MR) is 99.1 cm³/mol. The number of benzene rings is 1. The van der Waals surface area contributed by atoms with Crippen LogP contribution in [-0.4, -0.2) is 58.4 Å². The molecule has 1 aliphatic carbocycles. The first-order chi connectivity index (χ1) is 12.3. The normalized spacial score (nSPS) is 19.8. The maximum Gasteiger partial charge on any atom is 0.261 e. The van der Waals surface area contributed by atoms with E-state index in [9.17, 15) is 4.79 Å². The summed E-state index contributed by atoms with van der Waals surface area (Å²) >= 11 is 0. The molecule has 25 heavy (non-hydrogen) atoms. The molecule has 2 fully saturated rings. The van der Waals surface area contributed by atoms with Crippen molar-refractivity contribution in [3.05, 3.63) is 34.9 Å². The Labute approximate surface area is 147 Å². The van der Waals surface area contributed by atoms with E-state index < -0.39 is 0 Å². The fourth-order valence-corrected chi connectivity index (χ4v) is 4.23. The Balaban J connectivity index is 1.50. The quantitative estimate of drug-likeness (QED) is 0.911. The lowest BCUT2D eigenvalue weighted by Crippen LogP contribution is -2.49. The van der Waals surface area contributed by atoms with Gasteiger partial charge in [0.05, 0.1) is 30.4 Å². The van der Waals surface area contributed by atoms with E-state index in [0.717, 1.165) is 43.4 Å². The summed E-state index contributed by atoms with van der Waals surface area (Å²) in [5.74, 6) is 0. The summed E-state index contributed by atoms with van der Waals surface area (Å²) in [5, 5.41) is 9.65. The fourth-order valence-electron chi connectivity index (χ4n) is 4.23. The molecule has 1 saturated carbocycles. The molecule has 1 aromatic heterocycles. The van der Waals surface area contributed by atoms with Gasteiger partial charge in [0, 0.05) is 37.9 Å². The van der Waals surface area contributed by atoms with Crippen LogP contribution in [0.2, 0.25) is 0 Å². The Morgan fingerprint density at radius 3 is 2.60 bits per heavy atom. The zero-order valence-electron chi connectivity index (χ0n) is 14.6. The van der Waals surface area contributed by atoms with Gasteiger partial charge in [0.1, 0.15) is 0 Å². The smallest absolute Gasteiger partial charge is 0.261 e. The summed E-state index contributed by atoms with van der Waals surface area (Å²) in [4.78, 5) is 21.8. The van der Waals surface area contributed by atoms with Crippen LogP contribution in [0.15, 0.2) is 29.3 Å². The van der Waals surface area contributed by atoms with Gasteiger partial charge in [-0.1, -0.05) is 12.8 Å². The molecule has 0 spiro atoms. The zero-order chi connectivity index (χ0) is 17.2. The summed E-state index contributed by atoms with van der Waals surface area (Å²) in [6, 6.07) is 6.72. The number of anilines is 1. The minimum Gasteiger partial charge on any atom is -0.395 e. The predicted octanol–water partition coefficient (Wildman–Crippen LogP) is 1.45. The number of aromatic nitrogens is 2. The van der Waals surface area contributed by atoms with E-state index in [1.807, 2.05) is 18.2 Å². The van der Waals surface area contributed by atoms with Gasteiger partial charge < -0.3 is 10.0 Å². The van der Waals surface area contributed by atoms with Gasteiger partial charge in [-0.25, -0.2) is 4.98 Å². The molecular formula is C19H26N4O2. The molecule has 2 aromatic rings. The summed E-state index contributed by atoms with van der Waals surface area (Å²) in [7, 11) is 0. The van der Waals surface area contributed by atoms with Gasteiger partial charge in [-0.2, -0.15) is 0 Å². The second-order valence-electron chi connectivity index (χ2n) is 7.13. The zero-order valence-corrected chi connectivity index (χ0v) is 14.6. The number of nitrogens with zero attached hydrogens (tertiary/aromatic N) is 4. The highest BCUT2D eigenvalue weighted by Gasteiger charge is 2.26. The van der Waals surface area contributed by atoms with Gasteiger partial charge in [0.15, 0.2) is 0 Å². The summed E-state index contributed by atoms with van der Waals surface area (Å²) in [5.41, 5.74) is 1.79. The molecule has 6 heteroatoms. The third kappa shape index (κ3) is 3.28. The topological polar surface area (TPSA) is 61.6 Å². The minimum absolute atomic E-state index is 0.0591. The van der Waals surface area contributed by atoms with Gasteiger partial charge in [-0.3, -0.25) is 14.3 Å². The number of hydrogen-bond donors (Lipinski definition) is 1. The van der Waals surface area contributed by atoms with Crippen LogP contribution in [0.1, 0.15) is 25.7 Å². The van der Waals surface area contributed by atoms with Gasteiger partial charge in [0.2, 0.25) is 0 Å². The Morgan fingerprint density at radius 1 is 1.12 bits per heavy atom. The lowest BCUT2D eigenvalue weighted by molar-refractivity contribution is 0.187. The molecule has 1 N–H and O–H groups in total. The second kappa shape index (κ2) is 7.14. The summed E-state index contributed by atoms with van der Waals surface area (Å²) < 4.78 is 1.46. The first kappa shape index (κ1) is 16.5. The van der Waals surface area contributed by atoms with Crippen molar-refractivity contribution < 1.29 is 5.11 Å². The van der Waals surface area contributed by atoms with Gasteiger partial charge in [-0.15, -0.1) is 0 Å². The number of rotatable bonds is 4. The highest BCUT2D eigenvalue weighted by molar-refractivity contribution is 5.81. The highest BCUT2D eigenvalue weighted by atomic mass is 16.3. The van der Waals surface area contributed by atoms with Crippen molar-refractivity contribution in [3.63, 3.8) is 0 Å². The second-order valence-corrected chi connectivity index (χ2v) is 7.13. The fraction of sp³-hybridized carbons (Fsp3) is 0.579. The molecule has 0 atom stereocenters. The SMILES string of the molecule is O=c1c2ccc(N3CCN(C4CCCC4)CC3)cc2ncn1CCO. The number of hydrogen-bond acceptors (Lipinski definition) is 5. The molecule has 0 amide bonds. The molecule has 1 saturated heterocycles. The van der Waals surface area contributed by atoms with Crippen LogP contribution in [0.4, 0.5) is 5.69 Å². The van der Waals surface area contributed by atoms with Crippen molar-refractivity contribution in [2.45, 2.75) is 38.3 Å². The van der Waals surface area contributed by atoms with E-state index in [-0.39, 0.29) is 18.7 Å². The molecule has 0 bridgehead atoms. The molecule has 4 rings (SSSR count). The van der Waals surface area contributed by atoms with Crippen LogP contribution in [0.5, 0.6) is 0 Å². The van der Waals surface area contributed by atoms with Crippen molar-refractivity contribution in [3.8, 4) is 0 Å². The standard InChI is InChI=1S/C19H26N4O2/c24-12-11-23-14-20-18-13-16(5-6-17(18)19(23)25)22-9-7-21(8-10-22)15-3-1-2-4-15/h5-6,13-15,24H,1-4,7-12H2. The van der Waals surface area contributed by atoms with Crippen LogP contribution >= 0.6 is 0 Å². The third-order valence-electron chi connectivity index (χ3n) is 5.67. The van der Waals surface area contributed by atoms with Gasteiger partial charge in [0.25, 0.3) is 5.56 Å². The van der Waals surface area contributed by atoms with E-state index in [4.69, 9.17) is 5.11 Å². The van der Waals surface area contributed by atoms with E-state index in [1.165, 1.54) is 36.6 Å². The molecule has 6 nitrogen and oxygen atoms in total. The maximum absolute atomic E-state index is 12.4. The van der Waals surface area contributed by atoms with E-state index in [0.29, 0.717) is 5.39 Å². The number of aliphatic hydroxyl groups excluding tert-OH is 1. The van der Waals surface area contributed by atoms with Crippen molar-refractivity contribution >= 4 is 16.6 Å². The molecular weight excluding hydrogens is 316 g/mol. The average molecular weight is 342 g/mol. The summed E-state index contributed by atoms with van der Waals surface area (Å²) in [6.45, 7) is 4.53. The number of piperazine rings is 1. The van der Waals surface area contributed by atoms with Gasteiger partial charge >= 0.3 is 0 Å². The van der Waals surface area contributed by atoms with Crippen molar-refractivity contribution in [1.82, 2.24) is 14.5 Å². The lowest BCUT2D eigenvalue weighted by Gasteiger charge is -2.39. The van der Waals surface area contributed by atoms with Crippen LogP contribution < -0.4 is 10.5 Å². The number of fused-ring (bicyclic) bond motifs is 1. The lowest BCUT2D eigenvalue weighted by atomic mass is 10.1. The highest BCUT2D eigenvalue weighted by Crippen LogP contribution is 2.26. The molecule has 134 valence electrons. The summed E-state index contributed by atoms with van der Waals surface area (Å²) in [6.07, 6.45) is 7.02. The molecule has 2 aliphatic rings. The average Bonchev–Trinajstić information content (AvgIpc) is 3.19. The van der Waals surface area contributed by atoms with Crippen molar-refractivity contribution in [1.29, 1.82) is 0 Å². The Morgan fingerprint density at radius 2 is 1.88 bits per heavy atom. The van der Waals surface area contributed by atoms with E-state index >= 15 is 0 Å². The molecule has 1 aliphatic heterocycles. The van der Waals surface area contributed by atoms with Crippen LogP contribution in [-0.2, 0) is 6.54 Å². The van der Waals surface area contributed by atoms with Crippen LogP contribution in [0.3, 0.4) is 0 Å². The molecule has 0 radical (unpaired) electrons. The minimum atomic E-state index is -0.0864. The first-order valence-electron chi connectivity index (χ1n) is 9.35. The molecule has 1 aromatic carbocycles. The Bertz CT molecular complexity index is 790. The van der Waals surface area contributed by atoms with E-state index in [1.54, 1.807) is 0 Å². The molecule has 0 unspecified atom stereocenters. The van der Waals surface area contributed by atoms with Crippen molar-refractivity contribution in [2.24, 2.45) is 0 Å². The monoisotopic (exact) mass is 342 g/mol. The van der Waals surface area contributed by atoms with Crippen LogP contribution in [0.25, 0.3) is 10.9 Å². The maximum atomic E-state index is 12.4. The Hall–Kier alpha value is -1.92. The van der Waals surface area contributed by atoms with E-state index in [2.05, 4.69) is 14.8 Å².